The van der Waals surface area contributed by atoms with Crippen LogP contribution in [0.1, 0.15) is 0 Å². The molecule has 0 atom stereocenters. The Morgan fingerprint density at radius 1 is 0.516 bits per heavy atom. The number of ether oxygens (including phenoxy) is 2. The minimum Gasteiger partial charge on any atom is -0.494 e. The van der Waals surface area contributed by atoms with Gasteiger partial charge in [0.05, 0.1) is 85.6 Å². The van der Waals surface area contributed by atoms with E-state index < -0.39 is 0 Å². The van der Waals surface area contributed by atoms with Crippen LogP contribution >= 0.6 is 0 Å². The van der Waals surface area contributed by atoms with Crippen molar-refractivity contribution in [3.05, 3.63) is 98.9 Å². The van der Waals surface area contributed by atoms with E-state index >= 15 is 0 Å². The molecule has 0 saturated carbocycles. The molecule has 10 heterocycles. The summed E-state index contributed by atoms with van der Waals surface area (Å²) in [6.45, 7) is 6.39. The number of piperazine rings is 2. The van der Waals surface area contributed by atoms with Crippen LogP contribution in [0.3, 0.4) is 0 Å². The average Bonchev–Trinajstić information content (AvgIpc) is 3.35. The fourth-order valence-corrected chi connectivity index (χ4v) is 7.70. The van der Waals surface area contributed by atoms with Crippen LogP contribution in [0.4, 0.5) is 34.6 Å². The monoisotopic (exact) mass is 828 g/mol. The van der Waals surface area contributed by atoms with E-state index in [0.717, 1.165) is 74.8 Å². The molecule has 310 valence electrons. The number of hydrogen-bond donors (Lipinski definition) is 2. The summed E-state index contributed by atoms with van der Waals surface area (Å²) in [4.78, 5) is 61.2. The lowest BCUT2D eigenvalue weighted by Gasteiger charge is -2.35. The summed E-state index contributed by atoms with van der Waals surface area (Å²) in [6, 6.07) is 7.59. The Kier molecular flexibility index (Phi) is 10.5. The predicted molar refractivity (Wildman–Crippen MR) is 233 cm³/mol. The Labute approximate surface area is 355 Å². The lowest BCUT2D eigenvalue weighted by molar-refractivity contribution is 0.417. The molecule has 2 aliphatic heterocycles. The molecule has 20 nitrogen and oxygen atoms in total. The molecular weight excluding hydrogens is 789 g/mol. The molecule has 2 N–H and O–H groups in total. The molecule has 10 rings (SSSR count). The molecule has 2 aliphatic rings. The summed E-state index contributed by atoms with van der Waals surface area (Å²) in [6.07, 6.45) is 20.0. The number of aromatic nitrogens is 12. The van der Waals surface area contributed by atoms with Crippen LogP contribution in [-0.4, -0.2) is 126 Å². The van der Waals surface area contributed by atoms with Crippen LogP contribution < -0.4 is 39.9 Å². The van der Waals surface area contributed by atoms with E-state index in [9.17, 15) is 0 Å². The number of methoxy groups -OCH3 is 2. The third-order valence-corrected chi connectivity index (χ3v) is 10.6. The second kappa shape index (κ2) is 17.0. The molecule has 0 amide bonds. The van der Waals surface area contributed by atoms with Gasteiger partial charge in [-0.2, -0.15) is 0 Å². The average molecular weight is 829 g/mol. The second-order valence-corrected chi connectivity index (χ2v) is 14.3. The van der Waals surface area contributed by atoms with Crippen LogP contribution in [0, 0.1) is 0 Å². The van der Waals surface area contributed by atoms with Crippen LogP contribution in [0.25, 0.3) is 44.6 Å². The van der Waals surface area contributed by atoms with E-state index in [1.807, 2.05) is 34.3 Å². The van der Waals surface area contributed by atoms with Crippen LogP contribution in [0.2, 0.25) is 0 Å². The number of hydrogen-bond acceptors (Lipinski definition) is 20. The van der Waals surface area contributed by atoms with Crippen molar-refractivity contribution in [2.45, 2.75) is 0 Å². The lowest BCUT2D eigenvalue weighted by Crippen LogP contribution is -2.44. The normalized spacial score (nSPS) is 14.2. The van der Waals surface area contributed by atoms with E-state index in [0.29, 0.717) is 68.3 Å². The smallest absolute Gasteiger partial charge is 0.162 e. The van der Waals surface area contributed by atoms with E-state index in [1.165, 1.54) is 12.7 Å². The van der Waals surface area contributed by atoms with Crippen molar-refractivity contribution in [2.24, 2.45) is 0 Å². The van der Waals surface area contributed by atoms with Crippen molar-refractivity contribution < 1.29 is 9.47 Å². The first-order valence-electron chi connectivity index (χ1n) is 20.0. The highest BCUT2D eigenvalue weighted by Crippen LogP contribution is 2.39. The van der Waals surface area contributed by atoms with Crippen molar-refractivity contribution in [3.8, 4) is 34.3 Å². The molecule has 0 radical (unpaired) electrons. The van der Waals surface area contributed by atoms with Gasteiger partial charge in [-0.15, -0.1) is 0 Å². The molecule has 0 aromatic carbocycles. The number of nitrogens with one attached hydrogen (secondary N) is 2. The highest BCUT2D eigenvalue weighted by Gasteiger charge is 2.28. The molecular formula is C42H40N18O2. The molecule has 2 saturated heterocycles. The zero-order chi connectivity index (χ0) is 41.8. The molecule has 20 heteroatoms. The number of fused-ring (bicyclic) bond motifs is 2. The van der Waals surface area contributed by atoms with E-state index in [4.69, 9.17) is 39.4 Å². The molecule has 62 heavy (non-hydrogen) atoms. The van der Waals surface area contributed by atoms with Gasteiger partial charge >= 0.3 is 0 Å². The van der Waals surface area contributed by atoms with Gasteiger partial charge in [0, 0.05) is 75.9 Å². The first-order valence-corrected chi connectivity index (χ1v) is 20.0. The largest absolute Gasteiger partial charge is 0.494 e. The summed E-state index contributed by atoms with van der Waals surface area (Å²) in [5.74, 6) is 4.69. The van der Waals surface area contributed by atoms with Crippen LogP contribution in [0.15, 0.2) is 98.9 Å². The van der Waals surface area contributed by atoms with Crippen molar-refractivity contribution >= 4 is 56.5 Å². The molecule has 0 unspecified atom stereocenters. The summed E-state index contributed by atoms with van der Waals surface area (Å²) in [7, 11) is 3.26. The Balaban J connectivity index is 1.12. The Morgan fingerprint density at radius 2 is 0.935 bits per heavy atom. The maximum atomic E-state index is 5.76. The van der Waals surface area contributed by atoms with Gasteiger partial charge in [-0.25, -0.2) is 59.9 Å². The number of nitrogens with zero attached hydrogens (tertiary/aromatic N) is 16. The number of anilines is 6. The van der Waals surface area contributed by atoms with Gasteiger partial charge in [-0.3, -0.25) is 9.97 Å². The van der Waals surface area contributed by atoms with Gasteiger partial charge in [0.1, 0.15) is 47.2 Å². The first kappa shape index (κ1) is 38.4. The van der Waals surface area contributed by atoms with Gasteiger partial charge in [0.25, 0.3) is 0 Å². The standard InChI is InChI=1S/C42H40N18O2/c1-61-33-23-45-21-31-37(33)41(57-11-7-43-8-12-57)55-39(53-31)27-3-5-51-35(15-27)59(29-17-47-25-48-18-29)60(30-19-49-26-50-20-30)36-16-28(4-6-52-36)40-54-32-22-46-24-34(62-2)38(32)42(56-40)58-13-9-44-10-14-58/h3-6,15-26,43-44H,7-14H2,1-2H3. The van der Waals surface area contributed by atoms with Gasteiger partial charge in [0.15, 0.2) is 23.3 Å². The Bertz CT molecular complexity index is 2650. The molecule has 0 bridgehead atoms. The quantitative estimate of drug-likeness (QED) is 0.178. The first-order chi connectivity index (χ1) is 30.7. The van der Waals surface area contributed by atoms with Crippen molar-refractivity contribution in [2.75, 3.05) is 86.4 Å². The summed E-state index contributed by atoms with van der Waals surface area (Å²) < 4.78 is 11.5. The molecule has 2 fully saturated rings. The highest BCUT2D eigenvalue weighted by atomic mass is 16.5. The highest BCUT2D eigenvalue weighted by molar-refractivity contribution is 5.97. The van der Waals surface area contributed by atoms with Crippen molar-refractivity contribution in [3.63, 3.8) is 0 Å². The van der Waals surface area contributed by atoms with Gasteiger partial charge in [-0.05, 0) is 24.3 Å². The maximum absolute atomic E-state index is 5.76. The minimum absolute atomic E-state index is 0.477. The van der Waals surface area contributed by atoms with E-state index in [1.54, 1.807) is 76.2 Å². The third kappa shape index (κ3) is 7.36. The number of hydrazine groups is 1. The lowest BCUT2D eigenvalue weighted by atomic mass is 10.2. The van der Waals surface area contributed by atoms with Crippen molar-refractivity contribution in [1.82, 2.24) is 70.4 Å². The predicted octanol–water partition coefficient (Wildman–Crippen LogP) is 3.79. The number of rotatable bonds is 11. The Morgan fingerprint density at radius 3 is 1.34 bits per heavy atom. The fourth-order valence-electron chi connectivity index (χ4n) is 7.70. The zero-order valence-corrected chi connectivity index (χ0v) is 33.9. The van der Waals surface area contributed by atoms with Gasteiger partial charge < -0.3 is 29.9 Å². The van der Waals surface area contributed by atoms with Gasteiger partial charge in [-0.1, -0.05) is 0 Å². The summed E-state index contributed by atoms with van der Waals surface area (Å²) in [5, 5.41) is 12.2. The Hall–Kier alpha value is -7.84. The topological polar surface area (TPSA) is 210 Å². The van der Waals surface area contributed by atoms with Crippen LogP contribution in [0.5, 0.6) is 11.5 Å². The molecule has 0 aliphatic carbocycles. The zero-order valence-electron chi connectivity index (χ0n) is 33.9. The SMILES string of the molecule is COc1cncc2nc(-c3ccnc(N(c4cncnc4)N(c4cncnc4)c4cc(-c5nc(N6CCNCC6)c6c(OC)cncc6n5)ccn4)c3)nc(N3CCNCC3)c12. The van der Waals surface area contributed by atoms with E-state index in [-0.39, 0.29) is 0 Å². The summed E-state index contributed by atoms with van der Waals surface area (Å²) in [5.41, 5.74) is 3.87. The van der Waals surface area contributed by atoms with Crippen molar-refractivity contribution in [1.29, 1.82) is 0 Å². The van der Waals surface area contributed by atoms with Gasteiger partial charge in [0.2, 0.25) is 0 Å². The summed E-state index contributed by atoms with van der Waals surface area (Å²) >= 11 is 0. The third-order valence-electron chi connectivity index (χ3n) is 10.6. The minimum atomic E-state index is 0.477. The fraction of sp³-hybridized carbons (Fsp3) is 0.238. The second-order valence-electron chi connectivity index (χ2n) is 14.3. The molecule has 0 spiro atoms. The molecule has 8 aromatic rings. The van der Waals surface area contributed by atoms with E-state index in [2.05, 4.69) is 50.3 Å². The van der Waals surface area contributed by atoms with Crippen LogP contribution in [-0.2, 0) is 0 Å². The number of pyridine rings is 4. The maximum Gasteiger partial charge on any atom is 0.162 e. The molecule has 8 aromatic heterocycles.